The minimum absolute atomic E-state index is 0.126. The second-order valence-corrected chi connectivity index (χ2v) is 18.5. The average Bonchev–Trinajstić information content (AvgIpc) is 3.03. The summed E-state index contributed by atoms with van der Waals surface area (Å²) in [6.45, 7) is 27.2. The van der Waals surface area contributed by atoms with Gasteiger partial charge in [0, 0.05) is 0 Å². The SMILES string of the molecule is CC(C)(C)c1cc2c(cc1C(C)(C)C)C1c3cc(C(C)(C)C)c(C(C)(C)C)cc3C2C(OC(=O)c2ccccc2)C1OC(=O)c1ccccc1. The lowest BCUT2D eigenvalue weighted by atomic mass is 9.57. The molecule has 262 valence electrons. The molecule has 0 saturated carbocycles. The highest BCUT2D eigenvalue weighted by Gasteiger charge is 2.55. The number of esters is 2. The molecule has 50 heavy (non-hydrogen) atoms. The van der Waals surface area contributed by atoms with Gasteiger partial charge in [-0.15, -0.1) is 0 Å². The lowest BCUT2D eigenvalue weighted by Gasteiger charge is -2.51. The Hall–Kier alpha value is -4.18. The maximum atomic E-state index is 14.0. The Morgan fingerprint density at radius 3 is 0.880 bits per heavy atom. The van der Waals surface area contributed by atoms with Crippen LogP contribution in [0.25, 0.3) is 0 Å². The predicted octanol–water partition coefficient (Wildman–Crippen LogP) is 10.9. The molecule has 2 unspecified atom stereocenters. The van der Waals surface area contributed by atoms with E-state index in [1.807, 2.05) is 36.4 Å². The molecular formula is C46H54O4. The van der Waals surface area contributed by atoms with Crippen LogP contribution in [0.2, 0.25) is 0 Å². The van der Waals surface area contributed by atoms with E-state index in [9.17, 15) is 9.59 Å². The molecule has 2 atom stereocenters. The molecule has 4 nitrogen and oxygen atoms in total. The number of benzene rings is 4. The third-order valence-electron chi connectivity index (χ3n) is 10.5. The normalized spacial score (nSPS) is 20.2. The average molecular weight is 671 g/mol. The maximum absolute atomic E-state index is 14.0. The van der Waals surface area contributed by atoms with Gasteiger partial charge in [-0.05, 0) is 90.4 Å². The summed E-state index contributed by atoms with van der Waals surface area (Å²) in [5.74, 6) is -1.51. The summed E-state index contributed by atoms with van der Waals surface area (Å²) >= 11 is 0. The first kappa shape index (κ1) is 35.6. The van der Waals surface area contributed by atoms with E-state index in [0.717, 1.165) is 22.3 Å². The number of ether oxygens (including phenoxy) is 2. The summed E-state index contributed by atoms with van der Waals surface area (Å²) in [6.07, 6.45) is -1.47. The second-order valence-electron chi connectivity index (χ2n) is 18.5. The fourth-order valence-corrected chi connectivity index (χ4v) is 8.05. The minimum Gasteiger partial charge on any atom is -0.454 e. The van der Waals surface area contributed by atoms with Crippen LogP contribution in [-0.2, 0) is 31.1 Å². The van der Waals surface area contributed by atoms with Crippen LogP contribution >= 0.6 is 0 Å². The molecule has 7 rings (SSSR count). The van der Waals surface area contributed by atoms with Crippen LogP contribution in [-0.4, -0.2) is 24.1 Å². The van der Waals surface area contributed by atoms with Crippen molar-refractivity contribution < 1.29 is 19.1 Å². The zero-order chi connectivity index (χ0) is 36.6. The molecule has 0 radical (unpaired) electrons. The van der Waals surface area contributed by atoms with Crippen molar-refractivity contribution >= 4 is 11.9 Å². The molecule has 4 aromatic rings. The van der Waals surface area contributed by atoms with Crippen molar-refractivity contribution in [1.29, 1.82) is 0 Å². The molecule has 0 aliphatic heterocycles. The summed E-state index contributed by atoms with van der Waals surface area (Å²) in [7, 11) is 0. The molecule has 4 aromatic carbocycles. The summed E-state index contributed by atoms with van der Waals surface area (Å²) in [5, 5.41) is 0. The molecule has 3 aliphatic carbocycles. The summed E-state index contributed by atoms with van der Waals surface area (Å²) in [4.78, 5) is 28.0. The van der Waals surface area contributed by atoms with Crippen LogP contribution in [0.1, 0.15) is 160 Å². The van der Waals surface area contributed by atoms with Gasteiger partial charge in [-0.2, -0.15) is 0 Å². The zero-order valence-electron chi connectivity index (χ0n) is 32.0. The molecule has 0 aromatic heterocycles. The largest absolute Gasteiger partial charge is 0.454 e. The van der Waals surface area contributed by atoms with Gasteiger partial charge in [0.05, 0.1) is 23.0 Å². The Labute approximate surface area is 299 Å². The molecule has 0 amide bonds. The fourth-order valence-electron chi connectivity index (χ4n) is 8.05. The first-order valence-corrected chi connectivity index (χ1v) is 18.1. The quantitative estimate of drug-likeness (QED) is 0.203. The van der Waals surface area contributed by atoms with Gasteiger partial charge < -0.3 is 9.47 Å². The Morgan fingerprint density at radius 1 is 0.420 bits per heavy atom. The number of fused-ring (bicyclic) bond motifs is 1. The molecular weight excluding hydrogens is 617 g/mol. The fraction of sp³-hybridized carbons (Fsp3) is 0.435. The van der Waals surface area contributed by atoms with Crippen LogP contribution < -0.4 is 0 Å². The smallest absolute Gasteiger partial charge is 0.338 e. The van der Waals surface area contributed by atoms with Gasteiger partial charge >= 0.3 is 11.9 Å². The Bertz CT molecular complexity index is 1700. The first-order valence-electron chi connectivity index (χ1n) is 18.1. The Kier molecular flexibility index (Phi) is 8.73. The van der Waals surface area contributed by atoms with Crippen LogP contribution in [0.3, 0.4) is 0 Å². The minimum atomic E-state index is -0.734. The van der Waals surface area contributed by atoms with Gasteiger partial charge in [-0.25, -0.2) is 9.59 Å². The van der Waals surface area contributed by atoms with E-state index >= 15 is 0 Å². The van der Waals surface area contributed by atoms with Crippen molar-refractivity contribution in [3.63, 3.8) is 0 Å². The standard InChI is InChI=1S/C46H54O4/c1-43(2,3)33-23-29-30(24-34(33)44(4,5)6)38-32-26-36(46(10,11)12)35(45(7,8)9)25-31(32)37(29)39(49-41(47)27-19-15-13-16-20-27)40(38)50-42(48)28-21-17-14-18-22-28/h13-26,37-40H,1-12H3. The summed E-state index contributed by atoms with van der Waals surface area (Å²) in [5.41, 5.74) is 10.2. The molecule has 2 bridgehead atoms. The van der Waals surface area contributed by atoms with Crippen molar-refractivity contribution in [2.45, 2.75) is 129 Å². The highest BCUT2D eigenvalue weighted by Crippen LogP contribution is 2.58. The Morgan fingerprint density at radius 2 is 0.660 bits per heavy atom. The van der Waals surface area contributed by atoms with E-state index in [1.165, 1.54) is 22.3 Å². The van der Waals surface area contributed by atoms with Gasteiger partial charge in [0.25, 0.3) is 0 Å². The first-order chi connectivity index (χ1) is 23.2. The van der Waals surface area contributed by atoms with Crippen LogP contribution in [0.5, 0.6) is 0 Å². The van der Waals surface area contributed by atoms with Gasteiger partial charge in [0.1, 0.15) is 0 Å². The van der Waals surface area contributed by atoms with E-state index in [-0.39, 0.29) is 33.5 Å². The number of carbonyl (C=O) groups is 2. The molecule has 0 saturated heterocycles. The van der Waals surface area contributed by atoms with E-state index in [2.05, 4.69) is 107 Å². The van der Waals surface area contributed by atoms with Crippen molar-refractivity contribution in [2.75, 3.05) is 0 Å². The molecule has 0 spiro atoms. The van der Waals surface area contributed by atoms with Crippen LogP contribution in [0, 0.1) is 0 Å². The lowest BCUT2D eigenvalue weighted by molar-refractivity contribution is -0.0558. The molecule has 3 aliphatic rings. The van der Waals surface area contributed by atoms with Crippen molar-refractivity contribution in [1.82, 2.24) is 0 Å². The van der Waals surface area contributed by atoms with E-state index in [0.29, 0.717) is 11.1 Å². The van der Waals surface area contributed by atoms with Crippen LogP contribution in [0.4, 0.5) is 0 Å². The lowest BCUT2D eigenvalue weighted by Crippen LogP contribution is -2.52. The van der Waals surface area contributed by atoms with Gasteiger partial charge in [-0.3, -0.25) is 0 Å². The highest BCUT2D eigenvalue weighted by molar-refractivity contribution is 5.91. The number of rotatable bonds is 4. The maximum Gasteiger partial charge on any atom is 0.338 e. The van der Waals surface area contributed by atoms with Crippen molar-refractivity contribution in [3.05, 3.63) is 141 Å². The van der Waals surface area contributed by atoms with Crippen LogP contribution in [0.15, 0.2) is 84.9 Å². The molecule has 0 fully saturated rings. The predicted molar refractivity (Wildman–Crippen MR) is 203 cm³/mol. The zero-order valence-corrected chi connectivity index (χ0v) is 32.0. The third kappa shape index (κ3) is 6.43. The molecule has 0 heterocycles. The topological polar surface area (TPSA) is 52.6 Å². The van der Waals surface area contributed by atoms with E-state index in [4.69, 9.17) is 9.47 Å². The number of carbonyl (C=O) groups excluding carboxylic acids is 2. The summed E-state index contributed by atoms with van der Waals surface area (Å²) < 4.78 is 13.2. The molecule has 4 heteroatoms. The monoisotopic (exact) mass is 670 g/mol. The highest BCUT2D eigenvalue weighted by atomic mass is 16.6. The van der Waals surface area contributed by atoms with E-state index in [1.54, 1.807) is 24.3 Å². The van der Waals surface area contributed by atoms with E-state index < -0.39 is 24.1 Å². The van der Waals surface area contributed by atoms with Gasteiger partial charge in [-0.1, -0.05) is 144 Å². The number of hydrogen-bond acceptors (Lipinski definition) is 4. The molecule has 0 N–H and O–H groups in total. The number of hydrogen-bond donors (Lipinski definition) is 0. The second kappa shape index (κ2) is 12.2. The Balaban J connectivity index is 1.67. The third-order valence-corrected chi connectivity index (χ3v) is 10.5. The summed E-state index contributed by atoms with van der Waals surface area (Å²) in [6, 6.07) is 27.8. The van der Waals surface area contributed by atoms with Gasteiger partial charge in [0.2, 0.25) is 0 Å². The van der Waals surface area contributed by atoms with Gasteiger partial charge in [0.15, 0.2) is 12.2 Å². The van der Waals surface area contributed by atoms with Crippen molar-refractivity contribution in [3.8, 4) is 0 Å². The van der Waals surface area contributed by atoms with Crippen molar-refractivity contribution in [2.24, 2.45) is 0 Å².